The number of nitrogens with one attached hydrogen (secondary N) is 2. The van der Waals surface area contributed by atoms with Crippen LogP contribution in [0.5, 0.6) is 0 Å². The number of carbonyl (C=O) groups is 1. The second-order valence-corrected chi connectivity index (χ2v) is 5.40. The van der Waals surface area contributed by atoms with Crippen LogP contribution in [0.1, 0.15) is 21.6 Å². The lowest BCUT2D eigenvalue weighted by Crippen LogP contribution is -2.24. The van der Waals surface area contributed by atoms with E-state index in [9.17, 15) is 9.18 Å². The lowest BCUT2D eigenvalue weighted by atomic mass is 10.2. The molecule has 0 aliphatic heterocycles. The van der Waals surface area contributed by atoms with Gasteiger partial charge in [0, 0.05) is 6.54 Å². The van der Waals surface area contributed by atoms with Crippen molar-refractivity contribution < 1.29 is 9.18 Å². The van der Waals surface area contributed by atoms with E-state index >= 15 is 0 Å². The van der Waals surface area contributed by atoms with Crippen LogP contribution >= 0.6 is 0 Å². The highest BCUT2D eigenvalue weighted by Gasteiger charge is 2.09. The zero-order valence-electron chi connectivity index (χ0n) is 13.6. The molecule has 1 amide bonds. The normalized spacial score (nSPS) is 10.0. The first-order valence-corrected chi connectivity index (χ1v) is 7.78. The molecule has 0 saturated heterocycles. The first kappa shape index (κ1) is 17.0. The van der Waals surface area contributed by atoms with Crippen molar-refractivity contribution in [2.75, 3.05) is 5.32 Å². The number of rotatable bonds is 5. The van der Waals surface area contributed by atoms with Gasteiger partial charge in [-0.1, -0.05) is 24.3 Å². The summed E-state index contributed by atoms with van der Waals surface area (Å²) in [7, 11) is 0. The monoisotopic (exact) mass is 347 g/mol. The second-order valence-electron chi connectivity index (χ2n) is 5.40. The third-order valence-corrected chi connectivity index (χ3v) is 3.57. The van der Waals surface area contributed by atoms with Gasteiger partial charge in [0.25, 0.3) is 5.91 Å². The summed E-state index contributed by atoms with van der Waals surface area (Å²) in [5, 5.41) is 22.6. The smallest absolute Gasteiger partial charge is 0.272 e. The largest absolute Gasteiger partial charge is 0.347 e. The molecule has 128 valence electrons. The minimum absolute atomic E-state index is 0.159. The number of amides is 1. The summed E-state index contributed by atoms with van der Waals surface area (Å²) >= 11 is 0. The second kappa shape index (κ2) is 7.85. The third kappa shape index (κ3) is 4.19. The molecule has 1 heterocycles. The van der Waals surface area contributed by atoms with Crippen molar-refractivity contribution >= 4 is 17.4 Å². The van der Waals surface area contributed by atoms with E-state index in [-0.39, 0.29) is 24.0 Å². The van der Waals surface area contributed by atoms with Crippen LogP contribution in [0.4, 0.5) is 15.9 Å². The van der Waals surface area contributed by atoms with E-state index in [0.29, 0.717) is 17.1 Å². The van der Waals surface area contributed by atoms with Crippen LogP contribution in [-0.4, -0.2) is 16.1 Å². The van der Waals surface area contributed by atoms with E-state index in [0.717, 1.165) is 5.56 Å². The molecule has 0 radical (unpaired) electrons. The van der Waals surface area contributed by atoms with Crippen molar-refractivity contribution in [3.05, 3.63) is 83.3 Å². The molecule has 0 aliphatic carbocycles. The van der Waals surface area contributed by atoms with Crippen LogP contribution in [0, 0.1) is 17.1 Å². The highest BCUT2D eigenvalue weighted by atomic mass is 19.1. The summed E-state index contributed by atoms with van der Waals surface area (Å²) in [6, 6.07) is 18.1. The minimum atomic E-state index is -0.384. The average molecular weight is 347 g/mol. The predicted molar refractivity (Wildman–Crippen MR) is 94.0 cm³/mol. The van der Waals surface area contributed by atoms with Crippen LogP contribution < -0.4 is 10.6 Å². The maximum absolute atomic E-state index is 12.9. The molecule has 0 bridgehead atoms. The predicted octanol–water partition coefficient (Wildman–Crippen LogP) is 3.16. The Morgan fingerprint density at radius 3 is 2.50 bits per heavy atom. The van der Waals surface area contributed by atoms with Crippen molar-refractivity contribution in [1.29, 1.82) is 5.26 Å². The Hall–Kier alpha value is -3.79. The summed E-state index contributed by atoms with van der Waals surface area (Å²) in [5.74, 6) is -0.291. The Labute approximate surface area is 149 Å². The molecule has 3 aromatic rings. The van der Waals surface area contributed by atoms with Crippen molar-refractivity contribution in [3.63, 3.8) is 0 Å². The highest BCUT2D eigenvalue weighted by molar-refractivity contribution is 5.92. The minimum Gasteiger partial charge on any atom is -0.347 e. The molecule has 2 N–H and O–H groups in total. The van der Waals surface area contributed by atoms with Gasteiger partial charge in [-0.25, -0.2) is 4.39 Å². The number of para-hydroxylation sites is 1. The topological polar surface area (TPSA) is 90.7 Å². The van der Waals surface area contributed by atoms with Gasteiger partial charge in [0.1, 0.15) is 11.9 Å². The van der Waals surface area contributed by atoms with Crippen LogP contribution in [0.15, 0.2) is 60.7 Å². The molecule has 6 nitrogen and oxygen atoms in total. The molecule has 0 fully saturated rings. The highest BCUT2D eigenvalue weighted by Crippen LogP contribution is 2.18. The van der Waals surface area contributed by atoms with Crippen molar-refractivity contribution in [1.82, 2.24) is 15.5 Å². The number of halogens is 1. The molecule has 0 saturated carbocycles. The molecule has 26 heavy (non-hydrogen) atoms. The van der Waals surface area contributed by atoms with Gasteiger partial charge in [0.2, 0.25) is 0 Å². The summed E-state index contributed by atoms with van der Waals surface area (Å²) in [5.41, 5.74) is 2.03. The Morgan fingerprint density at radius 1 is 1.04 bits per heavy atom. The van der Waals surface area contributed by atoms with E-state index in [1.165, 1.54) is 18.2 Å². The summed E-state index contributed by atoms with van der Waals surface area (Å²) < 4.78 is 12.9. The Morgan fingerprint density at radius 2 is 1.81 bits per heavy atom. The standard InChI is InChI=1S/C19H14FN5O/c20-15-7-5-13(6-8-15)12-22-19(26)17-9-10-18(25-24-17)23-16-4-2-1-3-14(16)11-21/h1-10H,12H2,(H,22,26)(H,23,25). The number of benzene rings is 2. The molecule has 3 rings (SSSR count). The molecule has 0 unspecified atom stereocenters. The van der Waals surface area contributed by atoms with E-state index in [4.69, 9.17) is 5.26 Å². The quantitative estimate of drug-likeness (QED) is 0.740. The van der Waals surface area contributed by atoms with Gasteiger partial charge in [0.05, 0.1) is 11.3 Å². The zero-order valence-corrected chi connectivity index (χ0v) is 13.6. The van der Waals surface area contributed by atoms with Gasteiger partial charge in [-0.3, -0.25) is 4.79 Å². The summed E-state index contributed by atoms with van der Waals surface area (Å²) in [6.07, 6.45) is 0. The van der Waals surface area contributed by atoms with E-state index in [1.54, 1.807) is 42.5 Å². The summed E-state index contributed by atoms with van der Waals surface area (Å²) in [4.78, 5) is 12.1. The van der Waals surface area contributed by atoms with E-state index in [1.807, 2.05) is 0 Å². The molecule has 0 aliphatic rings. The molecular formula is C19H14FN5O. The SMILES string of the molecule is N#Cc1ccccc1Nc1ccc(C(=O)NCc2ccc(F)cc2)nn1. The number of hydrogen-bond donors (Lipinski definition) is 2. The van der Waals surface area contributed by atoms with Gasteiger partial charge in [-0.2, -0.15) is 5.26 Å². The average Bonchev–Trinajstić information content (AvgIpc) is 2.68. The third-order valence-electron chi connectivity index (χ3n) is 3.57. The number of aromatic nitrogens is 2. The van der Waals surface area contributed by atoms with Gasteiger partial charge in [0.15, 0.2) is 11.5 Å². The van der Waals surface area contributed by atoms with Gasteiger partial charge in [-0.15, -0.1) is 10.2 Å². The van der Waals surface area contributed by atoms with Crippen LogP contribution in [0.3, 0.4) is 0 Å². The Balaban J connectivity index is 1.62. The first-order valence-electron chi connectivity index (χ1n) is 7.78. The molecule has 2 aromatic carbocycles. The first-order chi connectivity index (χ1) is 12.7. The molecule has 7 heteroatoms. The van der Waals surface area contributed by atoms with Crippen LogP contribution in [-0.2, 0) is 6.54 Å². The van der Waals surface area contributed by atoms with Crippen LogP contribution in [0.2, 0.25) is 0 Å². The molecular weight excluding hydrogens is 333 g/mol. The van der Waals surface area contributed by atoms with E-state index in [2.05, 4.69) is 26.9 Å². The fourth-order valence-electron chi connectivity index (χ4n) is 2.22. The number of hydrogen-bond acceptors (Lipinski definition) is 5. The van der Waals surface area contributed by atoms with Crippen molar-refractivity contribution in [2.24, 2.45) is 0 Å². The lowest BCUT2D eigenvalue weighted by Gasteiger charge is -2.07. The van der Waals surface area contributed by atoms with Gasteiger partial charge in [-0.05, 0) is 42.0 Å². The lowest BCUT2D eigenvalue weighted by molar-refractivity contribution is 0.0945. The number of carbonyl (C=O) groups excluding carboxylic acids is 1. The Kier molecular flexibility index (Phi) is 5.15. The number of nitriles is 1. The van der Waals surface area contributed by atoms with Gasteiger partial charge < -0.3 is 10.6 Å². The Bertz CT molecular complexity index is 949. The van der Waals surface area contributed by atoms with E-state index < -0.39 is 0 Å². The molecule has 1 aromatic heterocycles. The maximum atomic E-state index is 12.9. The number of nitrogens with zero attached hydrogens (tertiary/aromatic N) is 3. The van der Waals surface area contributed by atoms with Crippen LogP contribution in [0.25, 0.3) is 0 Å². The maximum Gasteiger partial charge on any atom is 0.272 e. The number of anilines is 2. The van der Waals surface area contributed by atoms with Crippen molar-refractivity contribution in [3.8, 4) is 6.07 Å². The fourth-order valence-corrected chi connectivity index (χ4v) is 2.22. The van der Waals surface area contributed by atoms with Crippen molar-refractivity contribution in [2.45, 2.75) is 6.54 Å². The fraction of sp³-hybridized carbons (Fsp3) is 0.0526. The molecule has 0 atom stereocenters. The summed E-state index contributed by atoms with van der Waals surface area (Å²) in [6.45, 7) is 0.260. The van der Waals surface area contributed by atoms with Gasteiger partial charge >= 0.3 is 0 Å². The molecule has 0 spiro atoms. The zero-order chi connectivity index (χ0) is 18.4.